The molecule has 0 aliphatic rings. The van der Waals surface area contributed by atoms with Crippen LogP contribution >= 0.6 is 11.8 Å². The maximum Gasteiger partial charge on any atom is 0.326 e. The fourth-order valence-corrected chi connectivity index (χ4v) is 1.62. The SMILES string of the molecule is CC(=O)NC(CCSCC(F)F)C(=O)O. The van der Waals surface area contributed by atoms with Gasteiger partial charge in [-0.2, -0.15) is 11.8 Å². The predicted molar refractivity (Wildman–Crippen MR) is 53.2 cm³/mol. The molecule has 2 N–H and O–H groups in total. The number of amides is 1. The summed E-state index contributed by atoms with van der Waals surface area (Å²) in [6.07, 6.45) is -2.24. The van der Waals surface area contributed by atoms with Gasteiger partial charge in [-0.25, -0.2) is 13.6 Å². The Hall–Kier alpha value is -0.850. The second-order valence-electron chi connectivity index (χ2n) is 2.85. The van der Waals surface area contributed by atoms with E-state index < -0.39 is 24.3 Å². The third-order valence-electron chi connectivity index (χ3n) is 1.47. The largest absolute Gasteiger partial charge is 0.480 e. The van der Waals surface area contributed by atoms with E-state index in [1.807, 2.05) is 0 Å². The summed E-state index contributed by atoms with van der Waals surface area (Å²) in [7, 11) is 0. The zero-order valence-corrected chi connectivity index (χ0v) is 9.02. The highest BCUT2D eigenvalue weighted by Crippen LogP contribution is 2.09. The molecule has 7 heteroatoms. The average Bonchev–Trinajstić information content (AvgIpc) is 2.08. The van der Waals surface area contributed by atoms with Crippen LogP contribution in [0.15, 0.2) is 0 Å². The van der Waals surface area contributed by atoms with Crippen LogP contribution in [0.4, 0.5) is 8.78 Å². The maximum absolute atomic E-state index is 11.7. The van der Waals surface area contributed by atoms with Crippen LogP contribution < -0.4 is 5.32 Å². The fraction of sp³-hybridized carbons (Fsp3) is 0.750. The number of hydrogen-bond acceptors (Lipinski definition) is 3. The normalized spacial score (nSPS) is 12.5. The Labute approximate surface area is 90.4 Å². The zero-order chi connectivity index (χ0) is 11.8. The van der Waals surface area contributed by atoms with Crippen molar-refractivity contribution in [1.29, 1.82) is 0 Å². The number of rotatable bonds is 7. The van der Waals surface area contributed by atoms with Gasteiger partial charge in [0, 0.05) is 6.92 Å². The van der Waals surface area contributed by atoms with E-state index in [4.69, 9.17) is 5.11 Å². The number of halogens is 2. The molecule has 0 saturated carbocycles. The fourth-order valence-electron chi connectivity index (χ4n) is 0.876. The van der Waals surface area contributed by atoms with Gasteiger partial charge in [0.25, 0.3) is 0 Å². The first kappa shape index (κ1) is 14.2. The number of carbonyl (C=O) groups excluding carboxylic acids is 1. The Kier molecular flexibility index (Phi) is 7.02. The summed E-state index contributed by atoms with van der Waals surface area (Å²) in [6.45, 7) is 1.21. The minimum absolute atomic E-state index is 0.145. The van der Waals surface area contributed by atoms with Crippen LogP contribution in [-0.2, 0) is 9.59 Å². The van der Waals surface area contributed by atoms with Crippen molar-refractivity contribution in [3.05, 3.63) is 0 Å². The minimum Gasteiger partial charge on any atom is -0.480 e. The average molecular weight is 241 g/mol. The van der Waals surface area contributed by atoms with E-state index in [0.717, 1.165) is 11.8 Å². The smallest absolute Gasteiger partial charge is 0.326 e. The van der Waals surface area contributed by atoms with Crippen molar-refractivity contribution in [2.75, 3.05) is 11.5 Å². The number of carbonyl (C=O) groups is 2. The number of alkyl halides is 2. The summed E-state index contributed by atoms with van der Waals surface area (Å²) in [4.78, 5) is 21.2. The lowest BCUT2D eigenvalue weighted by Crippen LogP contribution is -2.39. The Morgan fingerprint density at radius 3 is 2.47 bits per heavy atom. The van der Waals surface area contributed by atoms with Gasteiger partial charge in [-0.1, -0.05) is 0 Å². The molecule has 1 amide bonds. The van der Waals surface area contributed by atoms with Crippen LogP contribution in [0.3, 0.4) is 0 Å². The summed E-state index contributed by atoms with van der Waals surface area (Å²) >= 11 is 0.970. The number of nitrogens with one attached hydrogen (secondary N) is 1. The number of thioether (sulfide) groups is 1. The molecule has 0 aromatic heterocycles. The van der Waals surface area contributed by atoms with E-state index in [1.54, 1.807) is 0 Å². The van der Waals surface area contributed by atoms with E-state index in [-0.39, 0.29) is 17.9 Å². The molecule has 88 valence electrons. The van der Waals surface area contributed by atoms with Gasteiger partial charge in [0.15, 0.2) is 0 Å². The lowest BCUT2D eigenvalue weighted by Gasteiger charge is -2.12. The minimum atomic E-state index is -2.39. The molecule has 1 unspecified atom stereocenters. The van der Waals surface area contributed by atoms with Gasteiger partial charge in [-0.3, -0.25) is 4.79 Å². The molecular formula is C8H13F2NO3S. The van der Waals surface area contributed by atoms with Gasteiger partial charge < -0.3 is 10.4 Å². The van der Waals surface area contributed by atoms with Crippen LogP contribution in [0.5, 0.6) is 0 Å². The van der Waals surface area contributed by atoms with Gasteiger partial charge >= 0.3 is 5.97 Å². The summed E-state index contributed by atoms with van der Waals surface area (Å²) < 4.78 is 23.4. The first-order chi connectivity index (χ1) is 6.93. The molecule has 0 heterocycles. The molecule has 4 nitrogen and oxygen atoms in total. The topological polar surface area (TPSA) is 66.4 Å². The van der Waals surface area contributed by atoms with E-state index in [1.165, 1.54) is 6.92 Å². The molecule has 15 heavy (non-hydrogen) atoms. The van der Waals surface area contributed by atoms with Gasteiger partial charge in [0.1, 0.15) is 6.04 Å². The van der Waals surface area contributed by atoms with Crippen LogP contribution in [0, 0.1) is 0 Å². The molecule has 0 aromatic carbocycles. The summed E-state index contributed by atoms with van der Waals surface area (Å²) in [5.74, 6) is -1.63. The molecule has 0 spiro atoms. The van der Waals surface area contributed by atoms with Gasteiger partial charge in [0.05, 0.1) is 5.75 Å². The molecule has 0 saturated heterocycles. The molecule has 1 atom stereocenters. The van der Waals surface area contributed by atoms with Crippen molar-refractivity contribution in [3.63, 3.8) is 0 Å². The molecule has 0 aliphatic carbocycles. The van der Waals surface area contributed by atoms with Crippen LogP contribution in [0.25, 0.3) is 0 Å². The lowest BCUT2D eigenvalue weighted by molar-refractivity contribution is -0.141. The third kappa shape index (κ3) is 8.17. The first-order valence-corrected chi connectivity index (χ1v) is 5.44. The highest BCUT2D eigenvalue weighted by atomic mass is 32.2. The van der Waals surface area contributed by atoms with Crippen molar-refractivity contribution in [3.8, 4) is 0 Å². The van der Waals surface area contributed by atoms with Gasteiger partial charge in [-0.15, -0.1) is 0 Å². The van der Waals surface area contributed by atoms with Crippen molar-refractivity contribution >= 4 is 23.6 Å². The highest BCUT2D eigenvalue weighted by molar-refractivity contribution is 7.99. The Bertz CT molecular complexity index is 226. The van der Waals surface area contributed by atoms with Crippen LogP contribution in [-0.4, -0.2) is 41.0 Å². The maximum atomic E-state index is 11.7. The molecule has 0 rings (SSSR count). The molecule has 0 aliphatic heterocycles. The predicted octanol–water partition coefficient (Wildman–Crippen LogP) is 0.964. The number of hydrogen-bond donors (Lipinski definition) is 2. The summed E-state index contributed by atoms with van der Waals surface area (Å²) in [5, 5.41) is 10.9. The van der Waals surface area contributed by atoms with E-state index in [9.17, 15) is 18.4 Å². The second kappa shape index (κ2) is 7.44. The van der Waals surface area contributed by atoms with Crippen LogP contribution in [0.2, 0.25) is 0 Å². The molecule has 0 fully saturated rings. The molecule has 0 aromatic rings. The third-order valence-corrected chi connectivity index (χ3v) is 2.48. The Balaban J connectivity index is 3.77. The van der Waals surface area contributed by atoms with E-state index in [2.05, 4.69) is 5.32 Å². The standard InChI is InChI=1S/C8H13F2NO3S/c1-5(12)11-6(8(13)14)2-3-15-4-7(9)10/h6-7H,2-4H2,1H3,(H,11,12)(H,13,14). The Morgan fingerprint density at radius 1 is 1.47 bits per heavy atom. The molecule has 0 radical (unpaired) electrons. The van der Waals surface area contributed by atoms with Crippen LogP contribution in [0.1, 0.15) is 13.3 Å². The van der Waals surface area contributed by atoms with Crippen molar-refractivity contribution in [2.45, 2.75) is 25.8 Å². The zero-order valence-electron chi connectivity index (χ0n) is 8.20. The Morgan fingerprint density at radius 2 is 2.07 bits per heavy atom. The van der Waals surface area contributed by atoms with Crippen molar-refractivity contribution in [2.24, 2.45) is 0 Å². The number of carboxylic acid groups (broad SMARTS) is 1. The van der Waals surface area contributed by atoms with Crippen molar-refractivity contribution in [1.82, 2.24) is 5.32 Å². The second-order valence-corrected chi connectivity index (χ2v) is 4.00. The van der Waals surface area contributed by atoms with E-state index >= 15 is 0 Å². The molecule has 0 bridgehead atoms. The van der Waals surface area contributed by atoms with Gasteiger partial charge in [-0.05, 0) is 12.2 Å². The summed E-state index contributed by atoms with van der Waals surface area (Å²) in [6, 6.07) is -0.993. The summed E-state index contributed by atoms with van der Waals surface area (Å²) in [5.41, 5.74) is 0. The lowest BCUT2D eigenvalue weighted by atomic mass is 10.2. The number of aliphatic carboxylic acids is 1. The first-order valence-electron chi connectivity index (χ1n) is 4.29. The monoisotopic (exact) mass is 241 g/mol. The quantitative estimate of drug-likeness (QED) is 0.652. The highest BCUT2D eigenvalue weighted by Gasteiger charge is 2.17. The van der Waals surface area contributed by atoms with Gasteiger partial charge in [0.2, 0.25) is 12.3 Å². The number of carboxylic acids is 1. The molecular weight excluding hydrogens is 228 g/mol. The van der Waals surface area contributed by atoms with Crippen molar-refractivity contribution < 1.29 is 23.5 Å². The van der Waals surface area contributed by atoms with E-state index in [0.29, 0.717) is 0 Å².